The second-order valence-corrected chi connectivity index (χ2v) is 5.97. The fraction of sp³-hybridized carbons (Fsp3) is 0.263. The molecule has 2 aromatic carbocycles. The zero-order chi connectivity index (χ0) is 16.9. The van der Waals surface area contributed by atoms with E-state index in [2.05, 4.69) is 29.6 Å². The maximum absolute atomic E-state index is 12.2. The van der Waals surface area contributed by atoms with Gasteiger partial charge in [0.2, 0.25) is 5.91 Å². The predicted octanol–water partition coefficient (Wildman–Crippen LogP) is 2.34. The normalized spacial score (nSPS) is 14.1. The topological polar surface area (TPSA) is 52.7 Å². The fourth-order valence-corrected chi connectivity index (χ4v) is 2.93. The van der Waals surface area contributed by atoms with Crippen LogP contribution in [0.25, 0.3) is 11.1 Å². The van der Waals surface area contributed by atoms with Gasteiger partial charge in [-0.15, -0.1) is 0 Å². The molecule has 0 radical (unpaired) electrons. The van der Waals surface area contributed by atoms with Crippen molar-refractivity contribution >= 4 is 11.9 Å². The molecular formula is C19H21N3O2. The van der Waals surface area contributed by atoms with Crippen LogP contribution in [0.15, 0.2) is 54.6 Å². The Morgan fingerprint density at radius 2 is 1.83 bits per heavy atom. The minimum absolute atomic E-state index is 0.162. The van der Waals surface area contributed by atoms with Crippen molar-refractivity contribution in [1.29, 1.82) is 0 Å². The van der Waals surface area contributed by atoms with E-state index in [9.17, 15) is 9.59 Å². The summed E-state index contributed by atoms with van der Waals surface area (Å²) in [6.07, 6.45) is 0. The first-order chi connectivity index (χ1) is 11.6. The van der Waals surface area contributed by atoms with E-state index >= 15 is 0 Å². The minimum atomic E-state index is -0.293. The predicted molar refractivity (Wildman–Crippen MR) is 93.3 cm³/mol. The summed E-state index contributed by atoms with van der Waals surface area (Å²) in [5.41, 5.74) is 3.48. The number of urea groups is 1. The number of likely N-dealkylation sites (N-methyl/N-ethyl adjacent to an activating group) is 1. The molecule has 2 aromatic rings. The van der Waals surface area contributed by atoms with Gasteiger partial charge in [0.25, 0.3) is 0 Å². The molecule has 5 heteroatoms. The van der Waals surface area contributed by atoms with Crippen molar-refractivity contribution in [2.45, 2.75) is 6.54 Å². The summed E-state index contributed by atoms with van der Waals surface area (Å²) in [4.78, 5) is 27.0. The Labute approximate surface area is 141 Å². The van der Waals surface area contributed by atoms with Crippen molar-refractivity contribution in [2.24, 2.45) is 0 Å². The minimum Gasteiger partial charge on any atom is -0.336 e. The Morgan fingerprint density at radius 1 is 1.12 bits per heavy atom. The molecule has 0 bridgehead atoms. The van der Waals surface area contributed by atoms with E-state index in [0.717, 1.165) is 16.7 Å². The number of amides is 3. The fourth-order valence-electron chi connectivity index (χ4n) is 2.93. The van der Waals surface area contributed by atoms with Crippen molar-refractivity contribution < 1.29 is 9.59 Å². The number of imide groups is 1. The molecule has 0 saturated carbocycles. The molecule has 0 aliphatic carbocycles. The lowest BCUT2D eigenvalue weighted by Gasteiger charge is -2.21. The Morgan fingerprint density at radius 3 is 2.54 bits per heavy atom. The van der Waals surface area contributed by atoms with Crippen molar-refractivity contribution in [1.82, 2.24) is 15.1 Å². The monoisotopic (exact) mass is 323 g/mol. The Balaban J connectivity index is 1.70. The average Bonchev–Trinajstić information content (AvgIpc) is 3.02. The van der Waals surface area contributed by atoms with E-state index in [1.165, 1.54) is 4.90 Å². The highest BCUT2D eigenvalue weighted by molar-refractivity contribution is 5.96. The maximum Gasteiger partial charge on any atom is 0.324 e. The van der Waals surface area contributed by atoms with Crippen molar-refractivity contribution in [3.8, 4) is 11.1 Å². The molecule has 5 nitrogen and oxygen atoms in total. The Hall–Kier alpha value is -2.66. The van der Waals surface area contributed by atoms with Crippen LogP contribution in [0.1, 0.15) is 5.56 Å². The molecule has 1 heterocycles. The van der Waals surface area contributed by atoms with Gasteiger partial charge in [0.15, 0.2) is 0 Å². The van der Waals surface area contributed by atoms with Crippen LogP contribution in [0.3, 0.4) is 0 Å². The summed E-state index contributed by atoms with van der Waals surface area (Å²) in [6.45, 7) is 1.85. The summed E-state index contributed by atoms with van der Waals surface area (Å²) >= 11 is 0. The van der Waals surface area contributed by atoms with E-state index in [1.807, 2.05) is 42.3 Å². The van der Waals surface area contributed by atoms with Crippen LogP contribution in [0.5, 0.6) is 0 Å². The largest absolute Gasteiger partial charge is 0.336 e. The smallest absolute Gasteiger partial charge is 0.324 e. The van der Waals surface area contributed by atoms with Gasteiger partial charge in [-0.2, -0.15) is 0 Å². The number of carbonyl (C=O) groups excluding carboxylic acids is 2. The van der Waals surface area contributed by atoms with E-state index in [0.29, 0.717) is 19.6 Å². The summed E-state index contributed by atoms with van der Waals surface area (Å²) in [5.74, 6) is -0.162. The van der Waals surface area contributed by atoms with Crippen molar-refractivity contribution in [2.75, 3.05) is 26.7 Å². The van der Waals surface area contributed by atoms with Crippen LogP contribution < -0.4 is 5.32 Å². The quantitative estimate of drug-likeness (QED) is 0.919. The third kappa shape index (κ3) is 3.63. The van der Waals surface area contributed by atoms with Gasteiger partial charge in [-0.3, -0.25) is 14.6 Å². The Kier molecular flexibility index (Phi) is 4.91. The van der Waals surface area contributed by atoms with Gasteiger partial charge in [0.1, 0.15) is 0 Å². The first kappa shape index (κ1) is 16.2. The standard InChI is InChI=1S/C19H21N3O2/c1-21(14-18(23)22-12-11-20-19(22)24)13-16-9-5-6-10-17(16)15-7-3-2-4-8-15/h2-10H,11-14H2,1H3,(H,20,24). The van der Waals surface area contributed by atoms with Crippen LogP contribution in [-0.4, -0.2) is 48.4 Å². The number of nitrogens with zero attached hydrogens (tertiary/aromatic N) is 2. The molecule has 0 aromatic heterocycles. The van der Waals surface area contributed by atoms with Gasteiger partial charge in [0.05, 0.1) is 6.54 Å². The molecule has 1 N–H and O–H groups in total. The van der Waals surface area contributed by atoms with E-state index in [4.69, 9.17) is 0 Å². The first-order valence-corrected chi connectivity index (χ1v) is 8.05. The maximum atomic E-state index is 12.2. The van der Waals surface area contributed by atoms with Crippen LogP contribution >= 0.6 is 0 Å². The number of benzene rings is 2. The van der Waals surface area contributed by atoms with Gasteiger partial charge in [-0.1, -0.05) is 54.6 Å². The highest BCUT2D eigenvalue weighted by Crippen LogP contribution is 2.24. The molecule has 3 rings (SSSR count). The van der Waals surface area contributed by atoms with Gasteiger partial charge < -0.3 is 5.32 Å². The molecule has 0 spiro atoms. The molecule has 1 saturated heterocycles. The average molecular weight is 323 g/mol. The van der Waals surface area contributed by atoms with Gasteiger partial charge in [-0.05, 0) is 23.7 Å². The van der Waals surface area contributed by atoms with Crippen LogP contribution in [0.2, 0.25) is 0 Å². The number of hydrogen-bond donors (Lipinski definition) is 1. The number of hydrogen-bond acceptors (Lipinski definition) is 3. The molecule has 0 unspecified atom stereocenters. The first-order valence-electron chi connectivity index (χ1n) is 8.05. The Bertz CT molecular complexity index is 730. The third-order valence-corrected chi connectivity index (χ3v) is 4.11. The lowest BCUT2D eigenvalue weighted by atomic mass is 9.99. The second-order valence-electron chi connectivity index (χ2n) is 5.97. The summed E-state index contributed by atoms with van der Waals surface area (Å²) in [7, 11) is 1.90. The number of carbonyl (C=O) groups is 2. The van der Waals surface area contributed by atoms with Gasteiger partial charge in [0, 0.05) is 19.6 Å². The van der Waals surface area contributed by atoms with Crippen LogP contribution in [-0.2, 0) is 11.3 Å². The number of rotatable bonds is 5. The molecule has 1 aliphatic rings. The van der Waals surface area contributed by atoms with Crippen LogP contribution in [0.4, 0.5) is 4.79 Å². The zero-order valence-corrected chi connectivity index (χ0v) is 13.7. The molecule has 24 heavy (non-hydrogen) atoms. The molecule has 0 atom stereocenters. The number of nitrogens with one attached hydrogen (secondary N) is 1. The zero-order valence-electron chi connectivity index (χ0n) is 13.7. The lowest BCUT2D eigenvalue weighted by Crippen LogP contribution is -2.40. The summed E-state index contributed by atoms with van der Waals surface area (Å²) in [6, 6.07) is 18.1. The van der Waals surface area contributed by atoms with Gasteiger partial charge in [-0.25, -0.2) is 4.79 Å². The summed E-state index contributed by atoms with van der Waals surface area (Å²) in [5, 5.41) is 2.65. The highest BCUT2D eigenvalue weighted by Gasteiger charge is 2.26. The van der Waals surface area contributed by atoms with Crippen molar-refractivity contribution in [3.63, 3.8) is 0 Å². The SMILES string of the molecule is CN(CC(=O)N1CCNC1=O)Cc1ccccc1-c1ccccc1. The second kappa shape index (κ2) is 7.27. The lowest BCUT2D eigenvalue weighted by molar-refractivity contribution is -0.128. The van der Waals surface area contributed by atoms with Crippen LogP contribution in [0, 0.1) is 0 Å². The van der Waals surface area contributed by atoms with E-state index < -0.39 is 0 Å². The molecule has 124 valence electrons. The van der Waals surface area contributed by atoms with E-state index in [-0.39, 0.29) is 18.5 Å². The molecule has 1 fully saturated rings. The van der Waals surface area contributed by atoms with Gasteiger partial charge >= 0.3 is 6.03 Å². The molecule has 1 aliphatic heterocycles. The third-order valence-electron chi connectivity index (χ3n) is 4.11. The highest BCUT2D eigenvalue weighted by atomic mass is 16.2. The van der Waals surface area contributed by atoms with E-state index in [1.54, 1.807) is 0 Å². The summed E-state index contributed by atoms with van der Waals surface area (Å²) < 4.78 is 0. The molecular weight excluding hydrogens is 302 g/mol. The van der Waals surface area contributed by atoms with Crippen molar-refractivity contribution in [3.05, 3.63) is 60.2 Å². The molecule has 3 amide bonds.